The van der Waals surface area contributed by atoms with E-state index >= 15 is 0 Å². The molecule has 0 saturated carbocycles. The summed E-state index contributed by atoms with van der Waals surface area (Å²) in [7, 11) is 4.05. The van der Waals surface area contributed by atoms with E-state index in [0.717, 1.165) is 41.2 Å². The molecule has 34 heavy (non-hydrogen) atoms. The standard InChI is InChI=1S/C28H30N4O2/c1-20(33)32(19-9-18-31(2)3)23-16-14-22(15-17-23)29-27(21-10-5-4-6-11-21)26-24-12-7-8-13-25(24)30-28(26)34/h4-8,10-17,26H,9,18-19H2,1-3H3,(H,30,34). The summed E-state index contributed by atoms with van der Waals surface area (Å²) in [5, 5.41) is 2.98. The second kappa shape index (κ2) is 10.4. The molecular weight excluding hydrogens is 424 g/mol. The highest BCUT2D eigenvalue weighted by Gasteiger charge is 2.35. The number of carbonyl (C=O) groups excluding carboxylic acids is 2. The van der Waals surface area contributed by atoms with Crippen molar-refractivity contribution in [1.29, 1.82) is 0 Å². The number of amides is 2. The molecule has 1 heterocycles. The number of benzene rings is 3. The number of para-hydroxylation sites is 1. The first-order chi connectivity index (χ1) is 16.4. The average Bonchev–Trinajstić information content (AvgIpc) is 3.16. The van der Waals surface area contributed by atoms with Gasteiger partial charge in [-0.3, -0.25) is 14.6 Å². The molecule has 0 bridgehead atoms. The summed E-state index contributed by atoms with van der Waals surface area (Å²) in [4.78, 5) is 34.0. The number of aliphatic imine (C=N–C) groups is 1. The molecule has 6 nitrogen and oxygen atoms in total. The van der Waals surface area contributed by atoms with Gasteiger partial charge < -0.3 is 15.1 Å². The molecule has 0 aromatic heterocycles. The van der Waals surface area contributed by atoms with Gasteiger partial charge in [0.2, 0.25) is 11.8 Å². The molecule has 1 N–H and O–H groups in total. The van der Waals surface area contributed by atoms with Crippen LogP contribution in [0, 0.1) is 0 Å². The fourth-order valence-electron chi connectivity index (χ4n) is 4.24. The highest BCUT2D eigenvalue weighted by atomic mass is 16.2. The Morgan fingerprint density at radius 3 is 2.26 bits per heavy atom. The number of hydrogen-bond acceptors (Lipinski definition) is 4. The first-order valence-corrected chi connectivity index (χ1v) is 11.5. The van der Waals surface area contributed by atoms with Crippen LogP contribution in [0.2, 0.25) is 0 Å². The molecule has 1 aliphatic heterocycles. The largest absolute Gasteiger partial charge is 0.325 e. The quantitative estimate of drug-likeness (QED) is 0.495. The van der Waals surface area contributed by atoms with E-state index in [4.69, 9.17) is 4.99 Å². The molecule has 174 valence electrons. The van der Waals surface area contributed by atoms with Crippen LogP contribution in [0.15, 0.2) is 83.9 Å². The molecule has 3 aromatic carbocycles. The minimum absolute atomic E-state index is 0.0132. The zero-order valence-corrected chi connectivity index (χ0v) is 19.9. The van der Waals surface area contributed by atoms with Gasteiger partial charge in [0.25, 0.3) is 0 Å². The minimum Gasteiger partial charge on any atom is -0.325 e. The SMILES string of the molecule is CC(=O)N(CCCN(C)C)c1ccc(N=C(c2ccccc2)C2C(=O)Nc3ccccc32)cc1. The van der Waals surface area contributed by atoms with Gasteiger partial charge in [-0.05, 0) is 68.5 Å². The van der Waals surface area contributed by atoms with Crippen LogP contribution < -0.4 is 10.2 Å². The maximum Gasteiger partial charge on any atom is 0.238 e. The zero-order valence-electron chi connectivity index (χ0n) is 19.9. The smallest absolute Gasteiger partial charge is 0.238 e. The average molecular weight is 455 g/mol. The first-order valence-electron chi connectivity index (χ1n) is 11.5. The Hall–Kier alpha value is -3.77. The van der Waals surface area contributed by atoms with Crippen molar-refractivity contribution in [3.63, 3.8) is 0 Å². The molecule has 6 heteroatoms. The molecule has 0 fully saturated rings. The normalized spacial score (nSPS) is 15.2. The summed E-state index contributed by atoms with van der Waals surface area (Å²) < 4.78 is 0. The highest BCUT2D eigenvalue weighted by Crippen LogP contribution is 2.36. The summed E-state index contributed by atoms with van der Waals surface area (Å²) in [6, 6.07) is 25.2. The Labute approximate surface area is 200 Å². The van der Waals surface area contributed by atoms with Crippen LogP contribution in [0.1, 0.15) is 30.4 Å². The Morgan fingerprint density at radius 2 is 1.59 bits per heavy atom. The van der Waals surface area contributed by atoms with Crippen molar-refractivity contribution in [3.8, 4) is 0 Å². The van der Waals surface area contributed by atoms with Crippen LogP contribution in [0.25, 0.3) is 0 Å². The van der Waals surface area contributed by atoms with Crippen molar-refractivity contribution in [2.45, 2.75) is 19.3 Å². The Balaban J connectivity index is 1.66. The van der Waals surface area contributed by atoms with E-state index in [1.54, 1.807) is 11.8 Å². The van der Waals surface area contributed by atoms with Gasteiger partial charge in [-0.1, -0.05) is 48.5 Å². The molecule has 4 rings (SSSR count). The molecule has 0 radical (unpaired) electrons. The summed E-state index contributed by atoms with van der Waals surface area (Å²) in [5.74, 6) is -0.554. The van der Waals surface area contributed by atoms with Gasteiger partial charge >= 0.3 is 0 Å². The number of nitrogens with one attached hydrogen (secondary N) is 1. The van der Waals surface area contributed by atoms with Crippen LogP contribution in [0.3, 0.4) is 0 Å². The maximum absolute atomic E-state index is 13.0. The van der Waals surface area contributed by atoms with Crippen LogP contribution in [0.4, 0.5) is 17.1 Å². The summed E-state index contributed by atoms with van der Waals surface area (Å²) in [5.41, 5.74) is 4.93. The van der Waals surface area contributed by atoms with Crippen LogP contribution in [-0.2, 0) is 9.59 Å². The lowest BCUT2D eigenvalue weighted by Crippen LogP contribution is -2.31. The molecule has 0 saturated heterocycles. The van der Waals surface area contributed by atoms with Gasteiger partial charge in [0.15, 0.2) is 0 Å². The first kappa shape index (κ1) is 23.4. The Morgan fingerprint density at radius 1 is 0.912 bits per heavy atom. The zero-order chi connectivity index (χ0) is 24.1. The summed E-state index contributed by atoms with van der Waals surface area (Å²) in [6.45, 7) is 3.16. The number of anilines is 2. The van der Waals surface area contributed by atoms with Gasteiger partial charge in [-0.15, -0.1) is 0 Å². The molecular formula is C28H30N4O2. The van der Waals surface area contributed by atoms with Crippen LogP contribution in [0.5, 0.6) is 0 Å². The van der Waals surface area contributed by atoms with Crippen LogP contribution in [-0.4, -0.2) is 49.6 Å². The lowest BCUT2D eigenvalue weighted by atomic mass is 9.90. The third-order valence-corrected chi connectivity index (χ3v) is 5.91. The van der Waals surface area contributed by atoms with E-state index in [2.05, 4.69) is 10.2 Å². The van der Waals surface area contributed by atoms with E-state index in [9.17, 15) is 9.59 Å². The topological polar surface area (TPSA) is 65.0 Å². The second-order valence-electron chi connectivity index (χ2n) is 8.72. The molecule has 1 atom stereocenters. The van der Waals surface area contributed by atoms with Crippen molar-refractivity contribution in [1.82, 2.24) is 4.90 Å². The predicted molar refractivity (Wildman–Crippen MR) is 138 cm³/mol. The highest BCUT2D eigenvalue weighted by molar-refractivity contribution is 6.24. The number of rotatable bonds is 8. The van der Waals surface area contributed by atoms with Crippen molar-refractivity contribution < 1.29 is 9.59 Å². The fraction of sp³-hybridized carbons (Fsp3) is 0.250. The van der Waals surface area contributed by atoms with Gasteiger partial charge in [0.1, 0.15) is 5.92 Å². The predicted octanol–water partition coefficient (Wildman–Crippen LogP) is 4.85. The number of hydrogen-bond donors (Lipinski definition) is 1. The molecule has 1 aliphatic rings. The third-order valence-electron chi connectivity index (χ3n) is 5.91. The van der Waals surface area contributed by atoms with Gasteiger partial charge in [-0.2, -0.15) is 0 Å². The third kappa shape index (κ3) is 5.24. The van der Waals surface area contributed by atoms with Crippen molar-refractivity contribution in [2.75, 3.05) is 37.4 Å². The lowest BCUT2D eigenvalue weighted by Gasteiger charge is -2.22. The van der Waals surface area contributed by atoms with Gasteiger partial charge in [0, 0.05) is 24.8 Å². The van der Waals surface area contributed by atoms with E-state index < -0.39 is 5.92 Å². The van der Waals surface area contributed by atoms with Crippen molar-refractivity contribution in [2.24, 2.45) is 4.99 Å². The monoisotopic (exact) mass is 454 g/mol. The molecule has 1 unspecified atom stereocenters. The van der Waals surface area contributed by atoms with Crippen molar-refractivity contribution >= 4 is 34.6 Å². The molecule has 2 amide bonds. The number of nitrogens with zero attached hydrogens (tertiary/aromatic N) is 3. The summed E-state index contributed by atoms with van der Waals surface area (Å²) >= 11 is 0. The lowest BCUT2D eigenvalue weighted by molar-refractivity contribution is -0.117. The minimum atomic E-state index is -0.488. The molecule has 3 aromatic rings. The fourth-order valence-corrected chi connectivity index (χ4v) is 4.24. The van der Waals surface area contributed by atoms with E-state index in [-0.39, 0.29) is 11.8 Å². The van der Waals surface area contributed by atoms with Crippen LogP contribution >= 0.6 is 0 Å². The second-order valence-corrected chi connectivity index (χ2v) is 8.72. The maximum atomic E-state index is 13.0. The number of fused-ring (bicyclic) bond motifs is 1. The van der Waals surface area contributed by atoms with Gasteiger partial charge in [0.05, 0.1) is 11.4 Å². The van der Waals surface area contributed by atoms with Gasteiger partial charge in [-0.25, -0.2) is 0 Å². The van der Waals surface area contributed by atoms with Crippen molar-refractivity contribution in [3.05, 3.63) is 90.0 Å². The summed E-state index contributed by atoms with van der Waals surface area (Å²) in [6.07, 6.45) is 0.890. The Bertz CT molecular complexity index is 1190. The Kier molecular flexibility index (Phi) is 7.18. The van der Waals surface area contributed by atoms with E-state index in [1.165, 1.54) is 0 Å². The van der Waals surface area contributed by atoms with E-state index in [0.29, 0.717) is 12.3 Å². The van der Waals surface area contributed by atoms with E-state index in [1.807, 2.05) is 93.0 Å². The molecule has 0 aliphatic carbocycles. The number of carbonyl (C=O) groups is 2. The molecule has 0 spiro atoms.